The number of nitrogens with zero attached hydrogens (tertiary/aromatic N) is 3. The van der Waals surface area contributed by atoms with Crippen LogP contribution in [-0.2, 0) is 11.2 Å². The monoisotopic (exact) mass is 341 g/mol. The number of rotatable bonds is 6. The predicted octanol–water partition coefficient (Wildman–Crippen LogP) is 3.95. The van der Waals surface area contributed by atoms with E-state index in [-0.39, 0.29) is 11.9 Å². The highest BCUT2D eigenvalue weighted by Gasteiger charge is 2.18. The van der Waals surface area contributed by atoms with Crippen molar-refractivity contribution in [3.63, 3.8) is 0 Å². The highest BCUT2D eigenvalue weighted by Crippen LogP contribution is 2.21. The van der Waals surface area contributed by atoms with E-state index in [1.807, 2.05) is 61.1 Å². The molecule has 0 radical (unpaired) electrons. The first kappa shape index (κ1) is 16.4. The van der Waals surface area contributed by atoms with Crippen LogP contribution in [0.25, 0.3) is 11.4 Å². The summed E-state index contributed by atoms with van der Waals surface area (Å²) < 4.78 is 5.24. The molecule has 24 heavy (non-hydrogen) atoms. The SMILES string of the molecule is C[C@H](c1ccccc1)N(C)C(=O)CCc1nc(-c2ccsc2)no1. The third-order valence-corrected chi connectivity index (χ3v) is 4.74. The van der Waals surface area contributed by atoms with Crippen molar-refractivity contribution in [1.82, 2.24) is 15.0 Å². The van der Waals surface area contributed by atoms with Gasteiger partial charge in [0.05, 0.1) is 6.04 Å². The number of thiophene rings is 1. The molecule has 0 N–H and O–H groups in total. The van der Waals surface area contributed by atoms with Crippen molar-refractivity contribution >= 4 is 17.2 Å². The molecule has 0 spiro atoms. The Morgan fingerprint density at radius 3 is 2.79 bits per heavy atom. The number of aromatic nitrogens is 2. The summed E-state index contributed by atoms with van der Waals surface area (Å²) in [5.41, 5.74) is 2.06. The van der Waals surface area contributed by atoms with Gasteiger partial charge in [-0.1, -0.05) is 35.5 Å². The molecule has 1 amide bonds. The summed E-state index contributed by atoms with van der Waals surface area (Å²) in [6.45, 7) is 2.02. The summed E-state index contributed by atoms with van der Waals surface area (Å²) in [4.78, 5) is 18.5. The van der Waals surface area contributed by atoms with E-state index in [0.717, 1.165) is 11.1 Å². The second-order valence-electron chi connectivity index (χ2n) is 5.62. The highest BCUT2D eigenvalue weighted by atomic mass is 32.1. The molecule has 0 bridgehead atoms. The second-order valence-corrected chi connectivity index (χ2v) is 6.40. The molecule has 6 heteroatoms. The number of carbonyl (C=O) groups excluding carboxylic acids is 1. The zero-order valence-electron chi connectivity index (χ0n) is 13.7. The number of carbonyl (C=O) groups is 1. The largest absolute Gasteiger partial charge is 0.339 e. The highest BCUT2D eigenvalue weighted by molar-refractivity contribution is 7.08. The van der Waals surface area contributed by atoms with Crippen molar-refractivity contribution in [3.8, 4) is 11.4 Å². The minimum absolute atomic E-state index is 0.0303. The van der Waals surface area contributed by atoms with Crippen LogP contribution in [0.1, 0.15) is 30.8 Å². The average molecular weight is 341 g/mol. The first-order valence-corrected chi connectivity index (χ1v) is 8.75. The van der Waals surface area contributed by atoms with Crippen LogP contribution in [0.5, 0.6) is 0 Å². The lowest BCUT2D eigenvalue weighted by Gasteiger charge is -2.25. The molecule has 0 saturated carbocycles. The Labute approximate surface area is 144 Å². The minimum atomic E-state index is 0.0303. The predicted molar refractivity (Wildman–Crippen MR) is 93.6 cm³/mol. The van der Waals surface area contributed by atoms with E-state index in [1.165, 1.54) is 0 Å². The maximum atomic E-state index is 12.4. The van der Waals surface area contributed by atoms with E-state index in [0.29, 0.717) is 24.6 Å². The van der Waals surface area contributed by atoms with Crippen molar-refractivity contribution in [3.05, 3.63) is 58.6 Å². The molecule has 2 aromatic heterocycles. The fourth-order valence-electron chi connectivity index (χ4n) is 2.43. The lowest BCUT2D eigenvalue weighted by molar-refractivity contribution is -0.131. The quantitative estimate of drug-likeness (QED) is 0.681. The lowest BCUT2D eigenvalue weighted by Crippen LogP contribution is -2.29. The summed E-state index contributed by atoms with van der Waals surface area (Å²) in [6.07, 6.45) is 0.792. The molecule has 1 aromatic carbocycles. The smallest absolute Gasteiger partial charge is 0.227 e. The number of amides is 1. The lowest BCUT2D eigenvalue weighted by atomic mass is 10.1. The average Bonchev–Trinajstić information content (AvgIpc) is 3.30. The first-order chi connectivity index (χ1) is 11.6. The molecule has 0 saturated heterocycles. The van der Waals surface area contributed by atoms with Crippen LogP contribution < -0.4 is 0 Å². The summed E-state index contributed by atoms with van der Waals surface area (Å²) in [5.74, 6) is 1.12. The van der Waals surface area contributed by atoms with Crippen LogP contribution in [0, 0.1) is 0 Å². The third-order valence-electron chi connectivity index (χ3n) is 4.06. The van der Waals surface area contributed by atoms with E-state index in [1.54, 1.807) is 16.2 Å². The fraction of sp³-hybridized carbons (Fsp3) is 0.278. The van der Waals surface area contributed by atoms with Gasteiger partial charge in [-0.3, -0.25) is 4.79 Å². The Hall–Kier alpha value is -2.47. The number of benzene rings is 1. The summed E-state index contributed by atoms with van der Waals surface area (Å²) >= 11 is 1.58. The van der Waals surface area contributed by atoms with Gasteiger partial charge in [-0.25, -0.2) is 0 Å². The molecule has 0 aliphatic heterocycles. The molecule has 3 rings (SSSR count). The van der Waals surface area contributed by atoms with Gasteiger partial charge in [0, 0.05) is 30.8 Å². The van der Waals surface area contributed by atoms with E-state index in [2.05, 4.69) is 10.1 Å². The molecule has 0 aliphatic carbocycles. The maximum Gasteiger partial charge on any atom is 0.227 e. The third kappa shape index (κ3) is 3.71. The van der Waals surface area contributed by atoms with Crippen molar-refractivity contribution < 1.29 is 9.32 Å². The van der Waals surface area contributed by atoms with Gasteiger partial charge in [-0.15, -0.1) is 0 Å². The Bertz CT molecular complexity index is 784. The molecule has 5 nitrogen and oxygen atoms in total. The van der Waals surface area contributed by atoms with E-state index >= 15 is 0 Å². The van der Waals surface area contributed by atoms with Gasteiger partial charge < -0.3 is 9.42 Å². The van der Waals surface area contributed by atoms with Gasteiger partial charge >= 0.3 is 0 Å². The molecule has 0 fully saturated rings. The van der Waals surface area contributed by atoms with Crippen molar-refractivity contribution in [2.75, 3.05) is 7.05 Å². The minimum Gasteiger partial charge on any atom is -0.339 e. The Morgan fingerprint density at radius 1 is 1.29 bits per heavy atom. The Kier molecular flexibility index (Phi) is 5.05. The van der Waals surface area contributed by atoms with Crippen molar-refractivity contribution in [2.45, 2.75) is 25.8 Å². The van der Waals surface area contributed by atoms with E-state index in [4.69, 9.17) is 4.52 Å². The van der Waals surface area contributed by atoms with E-state index in [9.17, 15) is 4.79 Å². The van der Waals surface area contributed by atoms with E-state index < -0.39 is 0 Å². The maximum absolute atomic E-state index is 12.4. The van der Waals surface area contributed by atoms with Crippen LogP contribution in [0.15, 0.2) is 51.7 Å². The molecule has 1 atom stereocenters. The van der Waals surface area contributed by atoms with Crippen LogP contribution in [0.4, 0.5) is 0 Å². The second kappa shape index (κ2) is 7.40. The molecule has 0 aliphatic rings. The molecular formula is C18H19N3O2S. The van der Waals surface area contributed by atoms with Crippen LogP contribution in [-0.4, -0.2) is 28.0 Å². The molecule has 0 unspecified atom stereocenters. The van der Waals surface area contributed by atoms with Crippen molar-refractivity contribution in [1.29, 1.82) is 0 Å². The van der Waals surface area contributed by atoms with Gasteiger partial charge in [-0.2, -0.15) is 16.3 Å². The molecule has 2 heterocycles. The Balaban J connectivity index is 1.57. The standard InChI is InChI=1S/C18H19N3O2S/c1-13(14-6-4-3-5-7-14)21(2)17(22)9-8-16-19-18(20-23-16)15-10-11-24-12-15/h3-7,10-13H,8-9H2,1-2H3/t13-/m1/s1. The van der Waals surface area contributed by atoms with Gasteiger partial charge in [-0.05, 0) is 23.9 Å². The summed E-state index contributed by atoms with van der Waals surface area (Å²) in [6, 6.07) is 12.0. The summed E-state index contributed by atoms with van der Waals surface area (Å²) in [5, 5.41) is 7.89. The number of hydrogen-bond donors (Lipinski definition) is 0. The normalized spacial score (nSPS) is 12.1. The van der Waals surface area contributed by atoms with Gasteiger partial charge in [0.2, 0.25) is 17.6 Å². The fourth-order valence-corrected chi connectivity index (χ4v) is 3.06. The zero-order chi connectivity index (χ0) is 16.9. The van der Waals surface area contributed by atoms with Gasteiger partial charge in [0.25, 0.3) is 0 Å². The van der Waals surface area contributed by atoms with Gasteiger partial charge in [0.1, 0.15) is 0 Å². The van der Waals surface area contributed by atoms with Crippen LogP contribution in [0.2, 0.25) is 0 Å². The molecule has 3 aromatic rings. The molecule has 124 valence electrons. The number of hydrogen-bond acceptors (Lipinski definition) is 5. The van der Waals surface area contributed by atoms with Crippen LogP contribution >= 0.6 is 11.3 Å². The number of aryl methyl sites for hydroxylation is 1. The zero-order valence-corrected chi connectivity index (χ0v) is 14.5. The summed E-state index contributed by atoms with van der Waals surface area (Å²) in [7, 11) is 1.82. The van der Waals surface area contributed by atoms with Crippen LogP contribution in [0.3, 0.4) is 0 Å². The topological polar surface area (TPSA) is 59.2 Å². The van der Waals surface area contributed by atoms with Crippen molar-refractivity contribution in [2.24, 2.45) is 0 Å². The Morgan fingerprint density at radius 2 is 2.08 bits per heavy atom. The van der Waals surface area contributed by atoms with Gasteiger partial charge in [0.15, 0.2) is 0 Å². The first-order valence-electron chi connectivity index (χ1n) is 7.81. The molecular weight excluding hydrogens is 322 g/mol.